The smallest absolute Gasteiger partial charge is 0.328 e. The van der Waals surface area contributed by atoms with E-state index in [0.29, 0.717) is 5.69 Å². The van der Waals surface area contributed by atoms with Crippen molar-refractivity contribution in [2.75, 3.05) is 29.9 Å². The van der Waals surface area contributed by atoms with Gasteiger partial charge >= 0.3 is 6.03 Å². The molecule has 0 unspecified atom stereocenters. The first-order chi connectivity index (χ1) is 18.2. The molecule has 2 N–H and O–H groups in total. The molecule has 0 atom stereocenters. The van der Waals surface area contributed by atoms with Crippen molar-refractivity contribution in [3.05, 3.63) is 54.0 Å². The van der Waals surface area contributed by atoms with Crippen molar-refractivity contribution in [2.24, 2.45) is 10.4 Å². The van der Waals surface area contributed by atoms with Gasteiger partial charge in [0.1, 0.15) is 23.0 Å². The quantitative estimate of drug-likeness (QED) is 0.492. The zero-order valence-corrected chi connectivity index (χ0v) is 23.0. The molecule has 8 heteroatoms. The highest BCUT2D eigenvalue weighted by atomic mass is 19.1. The molecule has 3 aliphatic rings. The minimum atomic E-state index is -0.582. The van der Waals surface area contributed by atoms with E-state index in [1.165, 1.54) is 37.0 Å². The lowest BCUT2D eigenvalue weighted by molar-refractivity contribution is 0.184. The van der Waals surface area contributed by atoms with Gasteiger partial charge in [0.15, 0.2) is 0 Å². The van der Waals surface area contributed by atoms with Gasteiger partial charge in [0, 0.05) is 43.6 Å². The van der Waals surface area contributed by atoms with E-state index in [0.717, 1.165) is 63.5 Å². The number of nitrogens with zero attached hydrogens (tertiary/aromatic N) is 4. The monoisotopic (exact) mass is 520 g/mol. The van der Waals surface area contributed by atoms with Crippen molar-refractivity contribution in [3.8, 4) is 0 Å². The number of piperidine rings is 1. The number of aliphatic imine (C=N–C) groups is 1. The molecule has 204 valence electrons. The Morgan fingerprint density at radius 1 is 1.13 bits per heavy atom. The van der Waals surface area contributed by atoms with Gasteiger partial charge in [0.2, 0.25) is 0 Å². The Labute approximate surface area is 225 Å². The second-order valence-corrected chi connectivity index (χ2v) is 12.2. The average Bonchev–Trinajstić information content (AvgIpc) is 3.15. The number of rotatable bonds is 6. The number of hydrogen-bond acceptors (Lipinski definition) is 5. The van der Waals surface area contributed by atoms with Crippen LogP contribution in [0.2, 0.25) is 0 Å². The van der Waals surface area contributed by atoms with Crippen LogP contribution < -0.4 is 15.5 Å². The Bertz CT molecular complexity index is 1160. The summed E-state index contributed by atoms with van der Waals surface area (Å²) in [7, 11) is 0. The zero-order chi connectivity index (χ0) is 26.8. The number of carbonyl (C=O) groups is 1. The molecule has 5 rings (SSSR count). The Morgan fingerprint density at radius 2 is 1.89 bits per heavy atom. The topological polar surface area (TPSA) is 72.9 Å². The van der Waals surface area contributed by atoms with Crippen LogP contribution in [0.4, 0.5) is 20.7 Å². The second kappa shape index (κ2) is 11.0. The third-order valence-corrected chi connectivity index (χ3v) is 8.00. The summed E-state index contributed by atoms with van der Waals surface area (Å²) in [6.45, 7) is 9.86. The van der Waals surface area contributed by atoms with Gasteiger partial charge in [-0.3, -0.25) is 20.1 Å². The van der Waals surface area contributed by atoms with Crippen molar-refractivity contribution in [2.45, 2.75) is 83.8 Å². The Morgan fingerprint density at radius 3 is 2.61 bits per heavy atom. The summed E-state index contributed by atoms with van der Waals surface area (Å²) < 4.78 is 14.2. The van der Waals surface area contributed by atoms with Gasteiger partial charge in [0.25, 0.3) is 0 Å². The summed E-state index contributed by atoms with van der Waals surface area (Å²) in [6.07, 6.45) is 9.04. The molecule has 0 radical (unpaired) electrons. The average molecular weight is 521 g/mol. The number of amidine groups is 1. The third kappa shape index (κ3) is 5.85. The normalized spacial score (nSPS) is 21.7. The number of urea groups is 1. The summed E-state index contributed by atoms with van der Waals surface area (Å²) in [5.41, 5.74) is 1.33. The summed E-state index contributed by atoms with van der Waals surface area (Å²) in [5, 5.41) is 6.64. The lowest BCUT2D eigenvalue weighted by Gasteiger charge is -2.44. The molecule has 2 aliphatic heterocycles. The zero-order valence-electron chi connectivity index (χ0n) is 23.0. The minimum absolute atomic E-state index is 0.156. The maximum atomic E-state index is 14.2. The van der Waals surface area contributed by atoms with Crippen molar-refractivity contribution >= 4 is 23.4 Å². The molecule has 0 bridgehead atoms. The first kappa shape index (κ1) is 26.6. The predicted molar refractivity (Wildman–Crippen MR) is 151 cm³/mol. The fourth-order valence-corrected chi connectivity index (χ4v) is 5.96. The van der Waals surface area contributed by atoms with Crippen LogP contribution in [0, 0.1) is 11.2 Å². The number of amides is 2. The lowest BCUT2D eigenvalue weighted by atomic mass is 9.84. The van der Waals surface area contributed by atoms with E-state index < -0.39 is 5.54 Å². The van der Waals surface area contributed by atoms with Gasteiger partial charge in [-0.25, -0.2) is 14.2 Å². The largest absolute Gasteiger partial charge is 0.369 e. The Kier molecular flexibility index (Phi) is 7.70. The predicted octanol–water partition coefficient (Wildman–Crippen LogP) is 5.97. The number of hydrogen-bond donors (Lipinski definition) is 2. The molecule has 3 heterocycles. The van der Waals surface area contributed by atoms with Crippen molar-refractivity contribution < 1.29 is 9.18 Å². The maximum absolute atomic E-state index is 14.2. The third-order valence-electron chi connectivity index (χ3n) is 8.00. The number of carbonyl (C=O) groups excluding carboxylic acids is 1. The standard InChI is InChI=1S/C30H41FN6O/c1-29(2,3)21-33-26-22(9-8-16-32-26)20-36-17-14-30(15-18-36)27(34-24-11-5-4-6-12-24)35-28(38)37(30)25-13-7-10-23(31)19-25/h7-10,13,16,19,24H,4-6,11-12,14-15,17-18,20-21H2,1-3H3,(H,32,33)(H,34,35,38). The summed E-state index contributed by atoms with van der Waals surface area (Å²) in [5.74, 6) is 1.36. The highest BCUT2D eigenvalue weighted by molar-refractivity contribution is 6.19. The fraction of sp³-hybridized carbons (Fsp3) is 0.567. The molecule has 2 aromatic rings. The molecule has 1 aromatic heterocycles. The molecule has 1 aliphatic carbocycles. The number of anilines is 2. The van der Waals surface area contributed by atoms with E-state index in [1.807, 2.05) is 18.3 Å². The first-order valence-electron chi connectivity index (χ1n) is 14.1. The van der Waals surface area contributed by atoms with Gasteiger partial charge in [-0.2, -0.15) is 0 Å². The van der Waals surface area contributed by atoms with Crippen LogP contribution in [0.3, 0.4) is 0 Å². The number of benzene rings is 1. The van der Waals surface area contributed by atoms with Gasteiger partial charge in [-0.1, -0.05) is 52.2 Å². The summed E-state index contributed by atoms with van der Waals surface area (Å²) in [6, 6.07) is 10.5. The highest BCUT2D eigenvalue weighted by Crippen LogP contribution is 2.39. The van der Waals surface area contributed by atoms with Crippen LogP contribution in [0.25, 0.3) is 0 Å². The van der Waals surface area contributed by atoms with Gasteiger partial charge in [-0.15, -0.1) is 0 Å². The van der Waals surface area contributed by atoms with Crippen LogP contribution in [-0.4, -0.2) is 53.0 Å². The van der Waals surface area contributed by atoms with Crippen LogP contribution in [0.5, 0.6) is 0 Å². The molecule has 7 nitrogen and oxygen atoms in total. The highest BCUT2D eigenvalue weighted by Gasteiger charge is 2.53. The number of pyridine rings is 1. The number of aromatic nitrogens is 1. The van der Waals surface area contributed by atoms with Crippen molar-refractivity contribution in [3.63, 3.8) is 0 Å². The Balaban J connectivity index is 1.38. The molecule has 1 aromatic carbocycles. The van der Waals surface area contributed by atoms with Gasteiger partial charge in [-0.05, 0) is 55.4 Å². The maximum Gasteiger partial charge on any atom is 0.328 e. The molecule has 2 saturated heterocycles. The number of nitrogens with one attached hydrogen (secondary N) is 2. The fourth-order valence-electron chi connectivity index (χ4n) is 5.96. The summed E-state index contributed by atoms with van der Waals surface area (Å²) >= 11 is 0. The number of halogens is 1. The molecule has 3 fully saturated rings. The second-order valence-electron chi connectivity index (χ2n) is 12.2. The van der Waals surface area contributed by atoms with E-state index in [1.54, 1.807) is 11.0 Å². The van der Waals surface area contributed by atoms with Gasteiger partial charge < -0.3 is 5.32 Å². The van der Waals surface area contributed by atoms with E-state index in [2.05, 4.69) is 47.4 Å². The molecule has 1 saturated carbocycles. The van der Waals surface area contributed by atoms with E-state index in [-0.39, 0.29) is 23.3 Å². The van der Waals surface area contributed by atoms with Crippen molar-refractivity contribution in [1.82, 2.24) is 15.2 Å². The molecule has 1 spiro atoms. The van der Waals surface area contributed by atoms with Gasteiger partial charge in [0.05, 0.1) is 6.04 Å². The van der Waals surface area contributed by atoms with Crippen LogP contribution in [0.1, 0.15) is 71.3 Å². The van der Waals surface area contributed by atoms with E-state index in [4.69, 9.17) is 4.99 Å². The molecular formula is C30H41FN6O. The SMILES string of the molecule is CC(C)(C)CNc1ncccc1CN1CCC2(CC1)C(=NC1CCCCC1)NC(=O)N2c1cccc(F)c1. The summed E-state index contributed by atoms with van der Waals surface area (Å²) in [4.78, 5) is 27.3. The van der Waals surface area contributed by atoms with E-state index >= 15 is 0 Å². The van der Waals surface area contributed by atoms with Crippen molar-refractivity contribution in [1.29, 1.82) is 0 Å². The van der Waals surface area contributed by atoms with Crippen LogP contribution >= 0.6 is 0 Å². The lowest BCUT2D eigenvalue weighted by Crippen LogP contribution is -2.57. The first-order valence-corrected chi connectivity index (χ1v) is 14.1. The van der Waals surface area contributed by atoms with E-state index in [9.17, 15) is 9.18 Å². The van der Waals surface area contributed by atoms with Crippen LogP contribution in [0.15, 0.2) is 47.6 Å². The Hall–Kier alpha value is -3.00. The molecule has 38 heavy (non-hydrogen) atoms. The minimum Gasteiger partial charge on any atom is -0.369 e. The molecule has 2 amide bonds. The van der Waals surface area contributed by atoms with Crippen LogP contribution in [-0.2, 0) is 6.54 Å². The molecular weight excluding hydrogens is 479 g/mol. The number of likely N-dealkylation sites (tertiary alicyclic amines) is 1.